The van der Waals surface area contributed by atoms with E-state index in [0.717, 1.165) is 18.8 Å². The third-order valence-corrected chi connectivity index (χ3v) is 4.75. The van der Waals surface area contributed by atoms with Gasteiger partial charge in [0, 0.05) is 23.5 Å². The summed E-state index contributed by atoms with van der Waals surface area (Å²) in [5.74, 6) is 0. The zero-order chi connectivity index (χ0) is 13.1. The highest BCUT2D eigenvalue weighted by Gasteiger charge is 2.10. The van der Waals surface area contributed by atoms with Crippen molar-refractivity contribution in [2.45, 2.75) is 9.24 Å². The van der Waals surface area contributed by atoms with Crippen LogP contribution in [0, 0.1) is 11.3 Å². The molecule has 0 radical (unpaired) electrons. The third kappa shape index (κ3) is 3.02. The zero-order valence-corrected chi connectivity index (χ0v) is 12.9. The normalized spacial score (nSPS) is 10.1. The molecule has 0 spiro atoms. The fraction of sp³-hybridized carbons (Fsp3) is 0.182. The minimum atomic E-state index is 0.635. The van der Waals surface area contributed by atoms with Crippen molar-refractivity contribution in [2.24, 2.45) is 0 Å². The van der Waals surface area contributed by atoms with Crippen LogP contribution in [0.1, 0.15) is 5.56 Å². The number of nitriles is 1. The van der Waals surface area contributed by atoms with Crippen LogP contribution in [0.25, 0.3) is 0 Å². The average molecular weight is 341 g/mol. The summed E-state index contributed by atoms with van der Waals surface area (Å²) >= 11 is 6.32. The fourth-order valence-electron chi connectivity index (χ4n) is 1.20. The highest BCUT2D eigenvalue weighted by molar-refractivity contribution is 9.10. The molecule has 0 amide bonds. The molecule has 2 rings (SSSR count). The van der Waals surface area contributed by atoms with Crippen molar-refractivity contribution >= 4 is 44.2 Å². The zero-order valence-electron chi connectivity index (χ0n) is 9.72. The van der Waals surface area contributed by atoms with Gasteiger partial charge >= 0.3 is 0 Å². The van der Waals surface area contributed by atoms with Crippen LogP contribution in [-0.2, 0) is 0 Å². The number of hydrogen-bond acceptors (Lipinski definition) is 6. The minimum Gasteiger partial charge on any atom is -0.353 e. The van der Waals surface area contributed by atoms with Gasteiger partial charge in [0.2, 0.25) is 5.13 Å². The first-order chi connectivity index (χ1) is 8.60. The summed E-state index contributed by atoms with van der Waals surface area (Å²) in [6.07, 6.45) is 0. The van der Waals surface area contributed by atoms with Gasteiger partial charge in [-0.1, -0.05) is 39.0 Å². The van der Waals surface area contributed by atoms with Crippen molar-refractivity contribution in [2.75, 3.05) is 19.0 Å². The van der Waals surface area contributed by atoms with E-state index in [9.17, 15) is 0 Å². The van der Waals surface area contributed by atoms with Crippen LogP contribution >= 0.6 is 39.0 Å². The molecule has 0 aliphatic rings. The van der Waals surface area contributed by atoms with Crippen molar-refractivity contribution in [1.82, 2.24) is 10.2 Å². The molecule has 0 aliphatic heterocycles. The average Bonchev–Trinajstić information content (AvgIpc) is 2.80. The molecule has 0 atom stereocenters. The SMILES string of the molecule is CN(C)c1nnc(Sc2ccc(Br)cc2C#N)s1. The Morgan fingerprint density at radius 2 is 2.17 bits per heavy atom. The van der Waals surface area contributed by atoms with Gasteiger partial charge in [0.25, 0.3) is 0 Å². The van der Waals surface area contributed by atoms with Crippen molar-refractivity contribution in [1.29, 1.82) is 5.26 Å². The number of halogens is 1. The molecule has 1 heterocycles. The maximum Gasteiger partial charge on any atom is 0.208 e. The van der Waals surface area contributed by atoms with Crippen LogP contribution in [0.2, 0.25) is 0 Å². The number of hydrogen-bond donors (Lipinski definition) is 0. The summed E-state index contributed by atoms with van der Waals surface area (Å²) in [6.45, 7) is 0. The van der Waals surface area contributed by atoms with Crippen molar-refractivity contribution < 1.29 is 0 Å². The monoisotopic (exact) mass is 340 g/mol. The maximum atomic E-state index is 9.09. The van der Waals surface area contributed by atoms with E-state index in [1.807, 2.05) is 31.1 Å². The second-order valence-electron chi connectivity index (χ2n) is 3.60. The summed E-state index contributed by atoms with van der Waals surface area (Å²) in [6, 6.07) is 7.80. The highest BCUT2D eigenvalue weighted by Crippen LogP contribution is 2.35. The molecular weight excluding hydrogens is 332 g/mol. The van der Waals surface area contributed by atoms with Crippen LogP contribution < -0.4 is 4.90 Å². The second kappa shape index (κ2) is 5.69. The molecule has 0 saturated carbocycles. The molecule has 0 fully saturated rings. The molecule has 2 aromatic rings. The number of nitrogens with zero attached hydrogens (tertiary/aromatic N) is 4. The molecule has 0 bridgehead atoms. The Balaban J connectivity index is 2.26. The minimum absolute atomic E-state index is 0.635. The Morgan fingerprint density at radius 3 is 2.78 bits per heavy atom. The highest BCUT2D eigenvalue weighted by atomic mass is 79.9. The Morgan fingerprint density at radius 1 is 1.39 bits per heavy atom. The Hall–Kier alpha value is -1.10. The molecule has 18 heavy (non-hydrogen) atoms. The van der Waals surface area contributed by atoms with E-state index in [1.165, 1.54) is 23.1 Å². The maximum absolute atomic E-state index is 9.09. The molecule has 1 aromatic heterocycles. The predicted molar refractivity (Wildman–Crippen MR) is 77.2 cm³/mol. The van der Waals surface area contributed by atoms with Gasteiger partial charge in [0.15, 0.2) is 4.34 Å². The summed E-state index contributed by atoms with van der Waals surface area (Å²) < 4.78 is 1.73. The number of benzene rings is 1. The molecule has 92 valence electrons. The van der Waals surface area contributed by atoms with Gasteiger partial charge in [-0.15, -0.1) is 10.2 Å². The topological polar surface area (TPSA) is 52.8 Å². The lowest BCUT2D eigenvalue weighted by molar-refractivity contribution is 0.972. The van der Waals surface area contributed by atoms with Crippen LogP contribution in [0.5, 0.6) is 0 Å². The lowest BCUT2D eigenvalue weighted by Crippen LogP contribution is -2.07. The van der Waals surface area contributed by atoms with Gasteiger partial charge in [-0.25, -0.2) is 0 Å². The molecule has 0 aliphatic carbocycles. The number of aromatic nitrogens is 2. The van der Waals surface area contributed by atoms with Gasteiger partial charge in [-0.2, -0.15) is 5.26 Å². The summed E-state index contributed by atoms with van der Waals surface area (Å²) in [7, 11) is 3.85. The van der Waals surface area contributed by atoms with Gasteiger partial charge in [0.05, 0.1) is 5.56 Å². The predicted octanol–water partition coefficient (Wildman–Crippen LogP) is 3.39. The Kier molecular flexibility index (Phi) is 4.22. The van der Waals surface area contributed by atoms with Crippen LogP contribution in [0.3, 0.4) is 0 Å². The first-order valence-corrected chi connectivity index (χ1v) is 7.41. The molecule has 7 heteroatoms. The Labute approximate surface area is 122 Å². The summed E-state index contributed by atoms with van der Waals surface area (Å²) in [5, 5.41) is 18.1. The molecule has 0 saturated heterocycles. The van der Waals surface area contributed by atoms with Crippen LogP contribution in [0.15, 0.2) is 31.9 Å². The van der Waals surface area contributed by atoms with Gasteiger partial charge in [-0.05, 0) is 18.2 Å². The lowest BCUT2D eigenvalue weighted by atomic mass is 10.2. The molecular formula is C11H9BrN4S2. The van der Waals surface area contributed by atoms with Gasteiger partial charge in [0.1, 0.15) is 6.07 Å². The third-order valence-electron chi connectivity index (χ3n) is 2.04. The second-order valence-corrected chi connectivity index (χ2v) is 6.76. The van der Waals surface area contributed by atoms with Gasteiger partial charge < -0.3 is 4.90 Å². The van der Waals surface area contributed by atoms with E-state index in [0.29, 0.717) is 5.56 Å². The molecule has 0 N–H and O–H groups in total. The molecule has 0 unspecified atom stereocenters. The van der Waals surface area contributed by atoms with E-state index in [-0.39, 0.29) is 0 Å². The van der Waals surface area contributed by atoms with Crippen LogP contribution in [-0.4, -0.2) is 24.3 Å². The largest absolute Gasteiger partial charge is 0.353 e. The number of rotatable bonds is 3. The van der Waals surface area contributed by atoms with Crippen LogP contribution in [0.4, 0.5) is 5.13 Å². The summed E-state index contributed by atoms with van der Waals surface area (Å²) in [4.78, 5) is 2.80. The number of anilines is 1. The lowest BCUT2D eigenvalue weighted by Gasteiger charge is -2.04. The fourth-order valence-corrected chi connectivity index (χ4v) is 3.34. The standard InChI is InChI=1S/C11H9BrN4S2/c1-16(2)10-14-15-11(18-10)17-9-4-3-8(12)5-7(9)6-13/h3-5H,1-2H3. The molecule has 4 nitrogen and oxygen atoms in total. The first kappa shape index (κ1) is 13.3. The van der Waals surface area contributed by atoms with E-state index < -0.39 is 0 Å². The Bertz CT molecular complexity index is 603. The van der Waals surface area contributed by atoms with Crippen molar-refractivity contribution in [3.63, 3.8) is 0 Å². The van der Waals surface area contributed by atoms with E-state index in [4.69, 9.17) is 5.26 Å². The van der Waals surface area contributed by atoms with E-state index in [1.54, 1.807) is 6.07 Å². The quantitative estimate of drug-likeness (QED) is 0.857. The molecule has 1 aromatic carbocycles. The van der Waals surface area contributed by atoms with Gasteiger partial charge in [-0.3, -0.25) is 0 Å². The first-order valence-electron chi connectivity index (χ1n) is 4.98. The smallest absolute Gasteiger partial charge is 0.208 e. The van der Waals surface area contributed by atoms with E-state index in [2.05, 4.69) is 32.2 Å². The van der Waals surface area contributed by atoms with E-state index >= 15 is 0 Å². The van der Waals surface area contributed by atoms with Crippen molar-refractivity contribution in [3.8, 4) is 6.07 Å². The van der Waals surface area contributed by atoms with Crippen molar-refractivity contribution in [3.05, 3.63) is 28.2 Å². The summed E-state index contributed by atoms with van der Waals surface area (Å²) in [5.41, 5.74) is 0.635.